The molecule has 1 rings (SSSR count). The Morgan fingerprint density at radius 2 is 1.76 bits per heavy atom. The number of benzene rings is 1. The highest BCUT2D eigenvalue weighted by atomic mass is 19.2. The van der Waals surface area contributed by atoms with Crippen LogP contribution in [0.4, 0.5) is 13.2 Å². The van der Waals surface area contributed by atoms with E-state index in [2.05, 4.69) is 10.7 Å². The fourth-order valence-electron chi connectivity index (χ4n) is 1.40. The highest BCUT2D eigenvalue weighted by Gasteiger charge is 2.09. The van der Waals surface area contributed by atoms with Crippen LogP contribution in [0.3, 0.4) is 0 Å². The molecule has 1 aromatic rings. The summed E-state index contributed by atoms with van der Waals surface area (Å²) in [6.45, 7) is 0. The van der Waals surface area contributed by atoms with Crippen LogP contribution in [-0.4, -0.2) is 5.97 Å². The number of unbranched alkanes of at least 4 members (excludes halogenated alkanes) is 1. The lowest BCUT2D eigenvalue weighted by Gasteiger charge is -2.04. The molecule has 2 N–H and O–H groups in total. The van der Waals surface area contributed by atoms with E-state index in [9.17, 15) is 18.0 Å². The van der Waals surface area contributed by atoms with Gasteiger partial charge in [0.05, 0.1) is 0 Å². The molecule has 0 saturated carbocycles. The van der Waals surface area contributed by atoms with Gasteiger partial charge in [0.15, 0.2) is 11.6 Å². The molecule has 1 aromatic carbocycles. The summed E-state index contributed by atoms with van der Waals surface area (Å²) in [4.78, 5) is 14.6. The van der Waals surface area contributed by atoms with E-state index in [1.54, 1.807) is 0 Å². The predicted molar refractivity (Wildman–Crippen MR) is 54.2 cm³/mol. The molecule has 94 valence electrons. The average Bonchev–Trinajstić information content (AvgIpc) is 2.30. The fourth-order valence-corrected chi connectivity index (χ4v) is 1.40. The summed E-state index contributed by atoms with van der Waals surface area (Å²) < 4.78 is 38.6. The third kappa shape index (κ3) is 4.07. The van der Waals surface area contributed by atoms with Gasteiger partial charge in [-0.15, -0.1) is 0 Å². The van der Waals surface area contributed by atoms with Crippen molar-refractivity contribution in [2.45, 2.75) is 25.7 Å². The monoisotopic (exact) mass is 247 g/mol. The van der Waals surface area contributed by atoms with Gasteiger partial charge in [0.25, 0.3) is 0 Å². The number of carbonyl (C=O) groups is 1. The van der Waals surface area contributed by atoms with Crippen molar-refractivity contribution in [3.05, 3.63) is 35.1 Å². The second-order valence-electron chi connectivity index (χ2n) is 3.55. The third-order valence-electron chi connectivity index (χ3n) is 2.30. The topological polar surface area (TPSA) is 52.3 Å². The Morgan fingerprint density at radius 3 is 2.41 bits per heavy atom. The zero-order valence-electron chi connectivity index (χ0n) is 9.01. The van der Waals surface area contributed by atoms with Crippen LogP contribution in [0.15, 0.2) is 12.1 Å². The molecule has 0 aromatic heterocycles. The van der Waals surface area contributed by atoms with Crippen molar-refractivity contribution in [2.75, 3.05) is 0 Å². The van der Waals surface area contributed by atoms with Gasteiger partial charge in [-0.2, -0.15) is 5.90 Å². The maximum absolute atomic E-state index is 13.2. The largest absolute Gasteiger partial charge is 0.373 e. The molecule has 0 fully saturated rings. The van der Waals surface area contributed by atoms with Crippen molar-refractivity contribution in [2.24, 2.45) is 5.90 Å². The van der Waals surface area contributed by atoms with E-state index in [-0.39, 0.29) is 18.4 Å². The predicted octanol–water partition coefficient (Wildman–Crippen LogP) is 2.23. The van der Waals surface area contributed by atoms with E-state index in [0.717, 1.165) is 6.07 Å². The van der Waals surface area contributed by atoms with Gasteiger partial charge in [-0.1, -0.05) is 0 Å². The quantitative estimate of drug-likeness (QED) is 0.493. The van der Waals surface area contributed by atoms with Crippen LogP contribution in [0.1, 0.15) is 24.8 Å². The van der Waals surface area contributed by atoms with E-state index in [0.29, 0.717) is 18.9 Å². The SMILES string of the molecule is NOC(=O)CCCCc1cc(F)c(F)cc1F. The zero-order valence-corrected chi connectivity index (χ0v) is 9.01. The molecule has 17 heavy (non-hydrogen) atoms. The number of carbonyl (C=O) groups excluding carboxylic acids is 1. The highest BCUT2D eigenvalue weighted by molar-refractivity contribution is 5.68. The number of nitrogens with two attached hydrogens (primary N) is 1. The average molecular weight is 247 g/mol. The fraction of sp³-hybridized carbons (Fsp3) is 0.364. The number of hydrogen-bond donors (Lipinski definition) is 1. The van der Waals surface area contributed by atoms with Crippen LogP contribution in [0.2, 0.25) is 0 Å². The van der Waals surface area contributed by atoms with E-state index < -0.39 is 23.4 Å². The molecular weight excluding hydrogens is 235 g/mol. The van der Waals surface area contributed by atoms with Crippen molar-refractivity contribution in [1.29, 1.82) is 0 Å². The van der Waals surface area contributed by atoms with E-state index >= 15 is 0 Å². The minimum Gasteiger partial charge on any atom is -0.373 e. The van der Waals surface area contributed by atoms with Crippen molar-refractivity contribution in [1.82, 2.24) is 0 Å². The van der Waals surface area contributed by atoms with Crippen molar-refractivity contribution in [3.8, 4) is 0 Å². The lowest BCUT2D eigenvalue weighted by atomic mass is 10.1. The smallest absolute Gasteiger partial charge is 0.324 e. The highest BCUT2D eigenvalue weighted by Crippen LogP contribution is 2.16. The molecule has 0 bridgehead atoms. The number of aryl methyl sites for hydroxylation is 1. The molecule has 6 heteroatoms. The standard InChI is InChI=1S/C11H12F3NO2/c12-8-6-10(14)9(13)5-7(8)3-1-2-4-11(16)17-15/h5-6H,1-4,15H2. The van der Waals surface area contributed by atoms with E-state index in [4.69, 9.17) is 0 Å². The Labute approximate surface area is 96.3 Å². The Morgan fingerprint density at radius 1 is 1.12 bits per heavy atom. The first-order valence-electron chi connectivity index (χ1n) is 5.07. The summed E-state index contributed by atoms with van der Waals surface area (Å²) >= 11 is 0. The molecule has 0 heterocycles. The van der Waals surface area contributed by atoms with Crippen LogP contribution in [0.5, 0.6) is 0 Å². The number of halogens is 3. The van der Waals surface area contributed by atoms with Gasteiger partial charge in [-0.25, -0.2) is 13.2 Å². The minimum atomic E-state index is -1.21. The summed E-state index contributed by atoms with van der Waals surface area (Å²) in [5, 5.41) is 0. The van der Waals surface area contributed by atoms with E-state index in [1.165, 1.54) is 0 Å². The van der Waals surface area contributed by atoms with Gasteiger partial charge < -0.3 is 4.84 Å². The van der Waals surface area contributed by atoms with Crippen molar-refractivity contribution in [3.63, 3.8) is 0 Å². The molecule has 0 aliphatic rings. The van der Waals surface area contributed by atoms with Crippen LogP contribution in [-0.2, 0) is 16.1 Å². The van der Waals surface area contributed by atoms with Gasteiger partial charge >= 0.3 is 5.97 Å². The minimum absolute atomic E-state index is 0.0880. The van der Waals surface area contributed by atoms with Crippen LogP contribution < -0.4 is 5.90 Å². The number of hydrogen-bond acceptors (Lipinski definition) is 3. The van der Waals surface area contributed by atoms with Gasteiger partial charge in [-0.3, -0.25) is 4.79 Å². The molecule has 0 atom stereocenters. The normalized spacial score (nSPS) is 10.4. The van der Waals surface area contributed by atoms with Crippen LogP contribution in [0.25, 0.3) is 0 Å². The Bertz CT molecular complexity index is 410. The van der Waals surface area contributed by atoms with Crippen LogP contribution in [0, 0.1) is 17.5 Å². The second kappa shape index (κ2) is 6.24. The summed E-state index contributed by atoms with van der Waals surface area (Å²) in [6, 6.07) is 1.34. The van der Waals surface area contributed by atoms with E-state index in [1.807, 2.05) is 0 Å². The first kappa shape index (κ1) is 13.5. The van der Waals surface area contributed by atoms with Gasteiger partial charge in [0.1, 0.15) is 5.82 Å². The Balaban J connectivity index is 2.47. The molecular formula is C11H12F3NO2. The molecule has 0 radical (unpaired) electrons. The lowest BCUT2D eigenvalue weighted by molar-refractivity contribution is -0.144. The first-order valence-corrected chi connectivity index (χ1v) is 5.07. The molecule has 0 unspecified atom stereocenters. The molecule has 3 nitrogen and oxygen atoms in total. The molecule has 0 aliphatic carbocycles. The van der Waals surface area contributed by atoms with Gasteiger partial charge in [0.2, 0.25) is 0 Å². The first-order chi connectivity index (χ1) is 8.04. The Kier molecular flexibility index (Phi) is 4.96. The van der Waals surface area contributed by atoms with Crippen molar-refractivity contribution < 1.29 is 22.8 Å². The summed E-state index contributed by atoms with van der Waals surface area (Å²) in [5.41, 5.74) is 0.0880. The van der Waals surface area contributed by atoms with Crippen LogP contribution >= 0.6 is 0 Å². The van der Waals surface area contributed by atoms with Crippen molar-refractivity contribution >= 4 is 5.97 Å². The molecule has 0 spiro atoms. The molecule has 0 saturated heterocycles. The third-order valence-corrected chi connectivity index (χ3v) is 2.30. The summed E-state index contributed by atoms with van der Waals surface area (Å²) in [6.07, 6.45) is 1.23. The summed E-state index contributed by atoms with van der Waals surface area (Å²) in [7, 11) is 0. The molecule has 0 aliphatic heterocycles. The maximum atomic E-state index is 13.2. The lowest BCUT2D eigenvalue weighted by Crippen LogP contribution is -2.09. The maximum Gasteiger partial charge on any atom is 0.324 e. The molecule has 0 amide bonds. The Hall–Kier alpha value is -1.56. The van der Waals surface area contributed by atoms with Gasteiger partial charge in [0, 0.05) is 12.5 Å². The second-order valence-corrected chi connectivity index (χ2v) is 3.55. The zero-order chi connectivity index (χ0) is 12.8. The summed E-state index contributed by atoms with van der Waals surface area (Å²) in [5.74, 6) is 0.988. The van der Waals surface area contributed by atoms with Gasteiger partial charge in [-0.05, 0) is 30.9 Å². The number of rotatable bonds is 5.